The number of rotatable bonds is 5. The molecule has 1 aromatic carbocycles. The number of methoxy groups -OCH3 is 1. The molecule has 0 spiro atoms. The Hall–Kier alpha value is -2.22. The number of Topliss-reactive ketones (excluding diaryl/α,β-unsaturated/α-hetero) is 1. The molecule has 0 bridgehead atoms. The average Bonchev–Trinajstić information content (AvgIpc) is 3.00. The van der Waals surface area contributed by atoms with Gasteiger partial charge in [0.25, 0.3) is 0 Å². The van der Waals surface area contributed by atoms with Crippen LogP contribution in [-0.2, 0) is 29.0 Å². The van der Waals surface area contributed by atoms with Gasteiger partial charge in [0.1, 0.15) is 11.8 Å². The van der Waals surface area contributed by atoms with E-state index in [1.165, 1.54) is 26.2 Å². The Labute approximate surface area is 140 Å². The molecule has 7 nitrogen and oxygen atoms in total. The quantitative estimate of drug-likeness (QED) is 0.567. The van der Waals surface area contributed by atoms with Crippen LogP contribution in [0, 0.1) is 0 Å². The average molecular weight is 353 g/mol. The van der Waals surface area contributed by atoms with Crippen LogP contribution in [-0.4, -0.2) is 55.9 Å². The minimum atomic E-state index is -3.69. The second kappa shape index (κ2) is 7.12. The lowest BCUT2D eigenvalue weighted by atomic mass is 10.2. The van der Waals surface area contributed by atoms with Gasteiger partial charge in [-0.15, -0.1) is 0 Å². The lowest BCUT2D eigenvalue weighted by Crippen LogP contribution is -2.41. The summed E-state index contributed by atoms with van der Waals surface area (Å²) in [7, 11) is -2.52. The maximum Gasteiger partial charge on any atom is 0.328 e. The van der Waals surface area contributed by atoms with Crippen molar-refractivity contribution in [1.29, 1.82) is 0 Å². The fourth-order valence-corrected chi connectivity index (χ4v) is 4.49. The lowest BCUT2D eigenvalue weighted by molar-refractivity contribution is -0.151. The molecule has 0 aliphatic carbocycles. The van der Waals surface area contributed by atoms with Crippen LogP contribution in [0.15, 0.2) is 35.2 Å². The Morgan fingerprint density at radius 2 is 1.83 bits per heavy atom. The lowest BCUT2D eigenvalue weighted by Gasteiger charge is -2.22. The normalized spacial score (nSPS) is 20.7. The highest BCUT2D eigenvalue weighted by atomic mass is 32.2. The number of sulfone groups is 1. The summed E-state index contributed by atoms with van der Waals surface area (Å²) in [4.78, 5) is 36.6. The highest BCUT2D eigenvalue weighted by molar-refractivity contribution is 7.92. The Balaban J connectivity index is 2.30. The fourth-order valence-electron chi connectivity index (χ4n) is 2.77. The number of ether oxygens (including phenoxy) is 1. The summed E-state index contributed by atoms with van der Waals surface area (Å²) < 4.78 is 30.1. The smallest absolute Gasteiger partial charge is 0.328 e. The standard InChI is InChI=1S/C16H19NO6S/c1-11(18)8-15(19)17-10-13(9-14(17)16(20)23-2)24(21,22)12-6-4-3-5-7-12/h3-7,13-14H,8-10H2,1-2H3/t13-,14?/m1/s1. The summed E-state index contributed by atoms with van der Waals surface area (Å²) in [6, 6.07) is 6.88. The van der Waals surface area contributed by atoms with E-state index in [9.17, 15) is 22.8 Å². The van der Waals surface area contributed by atoms with Crippen molar-refractivity contribution in [3.63, 3.8) is 0 Å². The number of carbonyl (C=O) groups excluding carboxylic acids is 3. The second-order valence-corrected chi connectivity index (χ2v) is 7.91. The molecule has 1 saturated heterocycles. The van der Waals surface area contributed by atoms with Crippen LogP contribution in [0.1, 0.15) is 19.8 Å². The van der Waals surface area contributed by atoms with Crippen molar-refractivity contribution in [1.82, 2.24) is 4.90 Å². The maximum absolute atomic E-state index is 12.7. The summed E-state index contributed by atoms with van der Waals surface area (Å²) in [5.74, 6) is -1.60. The summed E-state index contributed by atoms with van der Waals surface area (Å²) in [5.41, 5.74) is 0. The van der Waals surface area contributed by atoms with E-state index in [0.717, 1.165) is 4.90 Å². The van der Waals surface area contributed by atoms with E-state index in [4.69, 9.17) is 0 Å². The molecule has 0 aromatic heterocycles. The van der Waals surface area contributed by atoms with Crippen molar-refractivity contribution < 1.29 is 27.5 Å². The molecular formula is C16H19NO6S. The minimum Gasteiger partial charge on any atom is -0.467 e. The van der Waals surface area contributed by atoms with Gasteiger partial charge in [0.15, 0.2) is 9.84 Å². The van der Waals surface area contributed by atoms with Crippen molar-refractivity contribution in [2.75, 3.05) is 13.7 Å². The zero-order valence-corrected chi connectivity index (χ0v) is 14.3. The van der Waals surface area contributed by atoms with Gasteiger partial charge in [-0.1, -0.05) is 18.2 Å². The highest BCUT2D eigenvalue weighted by Gasteiger charge is 2.45. The Morgan fingerprint density at radius 3 is 2.38 bits per heavy atom. The molecule has 1 unspecified atom stereocenters. The summed E-state index contributed by atoms with van der Waals surface area (Å²) in [6.07, 6.45) is -0.418. The van der Waals surface area contributed by atoms with Crippen LogP contribution in [0.4, 0.5) is 0 Å². The molecule has 1 aliphatic rings. The number of likely N-dealkylation sites (tertiary alicyclic amines) is 1. The molecule has 1 amide bonds. The molecule has 1 fully saturated rings. The molecule has 24 heavy (non-hydrogen) atoms. The molecule has 0 saturated carbocycles. The van der Waals surface area contributed by atoms with Gasteiger partial charge in [-0.05, 0) is 25.5 Å². The molecule has 1 aromatic rings. The summed E-state index contributed by atoms with van der Waals surface area (Å²) >= 11 is 0. The van der Waals surface area contributed by atoms with Gasteiger partial charge in [0, 0.05) is 6.54 Å². The van der Waals surface area contributed by atoms with Crippen LogP contribution in [0.5, 0.6) is 0 Å². The monoisotopic (exact) mass is 353 g/mol. The van der Waals surface area contributed by atoms with Gasteiger partial charge in [0.2, 0.25) is 5.91 Å². The first-order valence-electron chi connectivity index (χ1n) is 7.43. The van der Waals surface area contributed by atoms with Gasteiger partial charge in [-0.2, -0.15) is 0 Å². The molecule has 1 aliphatic heterocycles. The molecule has 0 N–H and O–H groups in total. The molecule has 2 rings (SSSR count). The molecule has 2 atom stereocenters. The molecule has 130 valence electrons. The number of nitrogens with zero attached hydrogens (tertiary/aromatic N) is 1. The van der Waals surface area contributed by atoms with E-state index in [2.05, 4.69) is 4.74 Å². The van der Waals surface area contributed by atoms with Gasteiger partial charge < -0.3 is 9.64 Å². The first-order valence-corrected chi connectivity index (χ1v) is 8.97. The van der Waals surface area contributed by atoms with E-state index in [1.54, 1.807) is 18.2 Å². The number of benzene rings is 1. The highest BCUT2D eigenvalue weighted by Crippen LogP contribution is 2.29. The SMILES string of the molecule is COC(=O)C1C[C@@H](S(=O)(=O)c2ccccc2)CN1C(=O)CC(C)=O. The summed E-state index contributed by atoms with van der Waals surface area (Å²) in [5, 5.41) is -0.917. The first kappa shape index (κ1) is 18.1. The second-order valence-electron chi connectivity index (χ2n) is 5.68. The molecular weight excluding hydrogens is 334 g/mol. The van der Waals surface area contributed by atoms with E-state index in [-0.39, 0.29) is 30.1 Å². The van der Waals surface area contributed by atoms with Gasteiger partial charge >= 0.3 is 5.97 Å². The van der Waals surface area contributed by atoms with Crippen LogP contribution >= 0.6 is 0 Å². The molecule has 8 heteroatoms. The van der Waals surface area contributed by atoms with Crippen LogP contribution in [0.25, 0.3) is 0 Å². The largest absolute Gasteiger partial charge is 0.467 e. The van der Waals surface area contributed by atoms with Crippen molar-refractivity contribution in [2.45, 2.75) is 36.0 Å². The van der Waals surface area contributed by atoms with Crippen molar-refractivity contribution in [3.05, 3.63) is 30.3 Å². The van der Waals surface area contributed by atoms with Crippen LogP contribution in [0.3, 0.4) is 0 Å². The zero-order chi connectivity index (χ0) is 17.9. The van der Waals surface area contributed by atoms with Crippen LogP contribution in [0.2, 0.25) is 0 Å². The summed E-state index contributed by atoms with van der Waals surface area (Å²) in [6.45, 7) is 1.13. The van der Waals surface area contributed by atoms with Crippen LogP contribution < -0.4 is 0 Å². The van der Waals surface area contributed by atoms with Crippen molar-refractivity contribution >= 4 is 27.5 Å². The molecule has 0 radical (unpaired) electrons. The van der Waals surface area contributed by atoms with Gasteiger partial charge in [-0.25, -0.2) is 13.2 Å². The van der Waals surface area contributed by atoms with E-state index in [0.29, 0.717) is 0 Å². The number of hydrogen-bond donors (Lipinski definition) is 0. The Morgan fingerprint density at radius 1 is 1.21 bits per heavy atom. The first-order chi connectivity index (χ1) is 11.3. The number of carbonyl (C=O) groups is 3. The van der Waals surface area contributed by atoms with E-state index in [1.807, 2.05) is 0 Å². The third-order valence-electron chi connectivity index (χ3n) is 3.97. The fraction of sp³-hybridized carbons (Fsp3) is 0.438. The van der Waals surface area contributed by atoms with Crippen molar-refractivity contribution in [2.24, 2.45) is 0 Å². The number of hydrogen-bond acceptors (Lipinski definition) is 6. The number of ketones is 1. The Bertz CT molecular complexity index is 743. The van der Waals surface area contributed by atoms with Gasteiger partial charge in [0.05, 0.1) is 23.7 Å². The van der Waals surface area contributed by atoms with E-state index < -0.39 is 33.0 Å². The predicted octanol–water partition coefficient (Wildman–Crippen LogP) is 0.582. The number of esters is 1. The minimum absolute atomic E-state index is 0.0481. The third kappa shape index (κ3) is 3.64. The maximum atomic E-state index is 12.7. The molecule has 1 heterocycles. The van der Waals surface area contributed by atoms with Gasteiger partial charge in [-0.3, -0.25) is 9.59 Å². The predicted molar refractivity (Wildman–Crippen MR) is 84.8 cm³/mol. The number of amides is 1. The van der Waals surface area contributed by atoms with E-state index >= 15 is 0 Å². The zero-order valence-electron chi connectivity index (χ0n) is 13.5. The Kier molecular flexibility index (Phi) is 5.38. The third-order valence-corrected chi connectivity index (χ3v) is 6.12. The van der Waals surface area contributed by atoms with Crippen molar-refractivity contribution in [3.8, 4) is 0 Å². The topological polar surface area (TPSA) is 97.8 Å².